The maximum absolute atomic E-state index is 10.6. The highest BCUT2D eigenvalue weighted by molar-refractivity contribution is 5.56. The number of anilines is 1. The van der Waals surface area contributed by atoms with E-state index in [9.17, 15) is 5.11 Å². The van der Waals surface area contributed by atoms with Crippen LogP contribution in [0.4, 0.5) is 5.82 Å². The predicted molar refractivity (Wildman–Crippen MR) is 134 cm³/mol. The van der Waals surface area contributed by atoms with Gasteiger partial charge >= 0.3 is 0 Å². The molecular formula is C27H36N6O. The molecule has 2 saturated heterocycles. The molecule has 7 nitrogen and oxygen atoms in total. The van der Waals surface area contributed by atoms with Crippen molar-refractivity contribution < 1.29 is 5.11 Å². The van der Waals surface area contributed by atoms with Crippen LogP contribution in [0.15, 0.2) is 36.5 Å². The summed E-state index contributed by atoms with van der Waals surface area (Å²) in [4.78, 5) is 17.4. The summed E-state index contributed by atoms with van der Waals surface area (Å²) in [5.74, 6) is 1.16. The zero-order valence-electron chi connectivity index (χ0n) is 20.6. The van der Waals surface area contributed by atoms with Gasteiger partial charge in [0.2, 0.25) is 0 Å². The molecule has 6 rings (SSSR count). The van der Waals surface area contributed by atoms with Gasteiger partial charge in [-0.2, -0.15) is 0 Å². The second kappa shape index (κ2) is 8.33. The molecule has 2 atom stereocenters. The Hall–Kier alpha value is -2.48. The third kappa shape index (κ3) is 3.44. The number of aromatic nitrogens is 3. The zero-order chi connectivity index (χ0) is 23.4. The molecule has 180 valence electrons. The molecule has 0 unspecified atom stereocenters. The number of piperidine rings is 1. The van der Waals surface area contributed by atoms with Crippen LogP contribution >= 0.6 is 0 Å². The maximum atomic E-state index is 10.6. The number of imidazole rings is 1. The van der Waals surface area contributed by atoms with E-state index in [1.807, 2.05) is 12.3 Å². The Balaban J connectivity index is 1.39. The van der Waals surface area contributed by atoms with Crippen molar-refractivity contribution in [3.8, 4) is 0 Å². The summed E-state index contributed by atoms with van der Waals surface area (Å²) >= 11 is 0. The fourth-order valence-electron chi connectivity index (χ4n) is 6.40. The minimum Gasteiger partial charge on any atom is -0.390 e. The number of aryl methyl sites for hydroxylation is 1. The number of hydrogen-bond acceptors (Lipinski definition) is 6. The summed E-state index contributed by atoms with van der Waals surface area (Å²) < 4.78 is 2.22. The number of piperazine rings is 1. The first-order valence-corrected chi connectivity index (χ1v) is 12.7. The van der Waals surface area contributed by atoms with Gasteiger partial charge in [-0.05, 0) is 76.9 Å². The summed E-state index contributed by atoms with van der Waals surface area (Å²) in [6.07, 6.45) is 7.73. The number of aliphatic hydroxyl groups is 1. The zero-order valence-corrected chi connectivity index (χ0v) is 20.6. The van der Waals surface area contributed by atoms with Gasteiger partial charge in [0, 0.05) is 31.4 Å². The van der Waals surface area contributed by atoms with E-state index in [0.29, 0.717) is 5.54 Å². The number of nitrogens with zero attached hydrogens (tertiary/aromatic N) is 6. The van der Waals surface area contributed by atoms with Crippen LogP contribution in [0.3, 0.4) is 0 Å². The van der Waals surface area contributed by atoms with Crippen LogP contribution in [0, 0.1) is 6.92 Å². The van der Waals surface area contributed by atoms with Crippen molar-refractivity contribution in [3.63, 3.8) is 0 Å². The molecule has 1 saturated carbocycles. The molecule has 0 radical (unpaired) electrons. The van der Waals surface area contributed by atoms with Gasteiger partial charge in [0.1, 0.15) is 11.5 Å². The fourth-order valence-corrected chi connectivity index (χ4v) is 6.40. The van der Waals surface area contributed by atoms with Crippen molar-refractivity contribution in [2.45, 2.75) is 63.3 Å². The van der Waals surface area contributed by atoms with E-state index in [0.717, 1.165) is 67.4 Å². The van der Waals surface area contributed by atoms with Crippen molar-refractivity contribution >= 4 is 11.5 Å². The van der Waals surface area contributed by atoms with E-state index in [2.05, 4.69) is 64.4 Å². The van der Waals surface area contributed by atoms with Gasteiger partial charge in [-0.25, -0.2) is 4.98 Å². The summed E-state index contributed by atoms with van der Waals surface area (Å²) in [7, 11) is 4.46. The lowest BCUT2D eigenvalue weighted by Gasteiger charge is -2.41. The van der Waals surface area contributed by atoms with Crippen LogP contribution in [-0.2, 0) is 6.61 Å². The number of pyridine rings is 2. The van der Waals surface area contributed by atoms with Crippen LogP contribution < -0.4 is 4.90 Å². The standard InChI is InChI=1S/C27H36N6O/c1-19-7-6-14-28-25(19)20-8-4-9-21(31(20)3)26-22(17-34)33-23(29-26)10-5-11-24(33)32-16-15-30(2)27(18-32)12-13-27/h5-7,10-11,14,20-21,34H,4,8-9,12-13,15-18H2,1-3H3/t20-,21+/m0/s1. The minimum atomic E-state index is -0.00990. The van der Waals surface area contributed by atoms with Gasteiger partial charge < -0.3 is 10.0 Å². The van der Waals surface area contributed by atoms with Crippen molar-refractivity contribution in [1.82, 2.24) is 24.2 Å². The average molecular weight is 461 g/mol. The SMILES string of the molecule is Cc1cccnc1[C@@H]1CCC[C@H](c2nc3cccc(N4CCN(C)C5(CC5)C4)n3c2CO)N1C. The van der Waals surface area contributed by atoms with E-state index in [4.69, 9.17) is 9.97 Å². The molecule has 5 heterocycles. The lowest BCUT2D eigenvalue weighted by molar-refractivity contribution is 0.107. The van der Waals surface area contributed by atoms with Crippen LogP contribution in [0.5, 0.6) is 0 Å². The molecule has 1 spiro atoms. The highest BCUT2D eigenvalue weighted by Crippen LogP contribution is 2.45. The Morgan fingerprint density at radius 3 is 2.56 bits per heavy atom. The van der Waals surface area contributed by atoms with E-state index < -0.39 is 0 Å². The first-order chi connectivity index (χ1) is 16.5. The molecule has 7 heteroatoms. The van der Waals surface area contributed by atoms with Crippen molar-refractivity contribution in [3.05, 3.63) is 59.2 Å². The van der Waals surface area contributed by atoms with Gasteiger partial charge in [0.25, 0.3) is 0 Å². The Morgan fingerprint density at radius 1 is 1.03 bits per heavy atom. The molecule has 2 aliphatic heterocycles. The van der Waals surface area contributed by atoms with Gasteiger partial charge in [-0.1, -0.05) is 12.1 Å². The number of aliphatic hydroxyl groups excluding tert-OH is 1. The first-order valence-electron chi connectivity index (χ1n) is 12.7. The van der Waals surface area contributed by atoms with Gasteiger partial charge in [0.05, 0.1) is 35.8 Å². The molecule has 1 N–H and O–H groups in total. The van der Waals surface area contributed by atoms with Crippen LogP contribution in [0.25, 0.3) is 5.65 Å². The largest absolute Gasteiger partial charge is 0.390 e. The summed E-state index contributed by atoms with van der Waals surface area (Å²) in [6.45, 7) is 5.26. The molecule has 3 aliphatic rings. The highest BCUT2D eigenvalue weighted by atomic mass is 16.3. The number of rotatable bonds is 4. The van der Waals surface area contributed by atoms with E-state index in [1.165, 1.54) is 18.4 Å². The van der Waals surface area contributed by atoms with Gasteiger partial charge in [-0.15, -0.1) is 0 Å². The van der Waals surface area contributed by atoms with E-state index in [1.54, 1.807) is 0 Å². The lowest BCUT2D eigenvalue weighted by atomic mass is 9.90. The molecule has 3 aromatic heterocycles. The summed E-state index contributed by atoms with van der Waals surface area (Å²) in [5.41, 5.74) is 5.63. The Morgan fingerprint density at radius 2 is 1.82 bits per heavy atom. The molecule has 3 fully saturated rings. The highest BCUT2D eigenvalue weighted by Gasteiger charge is 2.50. The van der Waals surface area contributed by atoms with Crippen molar-refractivity contribution in [2.75, 3.05) is 38.6 Å². The topological polar surface area (TPSA) is 60.1 Å². The molecule has 0 aromatic carbocycles. The molecule has 0 amide bonds. The Labute approximate surface area is 202 Å². The third-order valence-electron chi connectivity index (χ3n) is 8.67. The molecule has 0 bridgehead atoms. The van der Waals surface area contributed by atoms with Gasteiger partial charge in [-0.3, -0.25) is 19.2 Å². The molecule has 34 heavy (non-hydrogen) atoms. The molecule has 3 aromatic rings. The number of fused-ring (bicyclic) bond motifs is 1. The molecule has 1 aliphatic carbocycles. The third-order valence-corrected chi connectivity index (χ3v) is 8.67. The van der Waals surface area contributed by atoms with Crippen molar-refractivity contribution in [1.29, 1.82) is 0 Å². The first kappa shape index (κ1) is 22.0. The number of hydrogen-bond donors (Lipinski definition) is 1. The Kier molecular flexibility index (Phi) is 5.39. The van der Waals surface area contributed by atoms with Gasteiger partial charge in [0.15, 0.2) is 0 Å². The number of likely N-dealkylation sites (tertiary alicyclic amines) is 1. The lowest BCUT2D eigenvalue weighted by Crippen LogP contribution is -2.53. The summed E-state index contributed by atoms with van der Waals surface area (Å²) in [5, 5.41) is 10.6. The van der Waals surface area contributed by atoms with Crippen LogP contribution in [0.2, 0.25) is 0 Å². The smallest absolute Gasteiger partial charge is 0.138 e. The van der Waals surface area contributed by atoms with Crippen molar-refractivity contribution in [2.24, 2.45) is 0 Å². The van der Waals surface area contributed by atoms with E-state index in [-0.39, 0.29) is 18.7 Å². The second-order valence-corrected chi connectivity index (χ2v) is 10.6. The van der Waals surface area contributed by atoms with Crippen LogP contribution in [0.1, 0.15) is 66.8 Å². The second-order valence-electron chi connectivity index (χ2n) is 10.6. The average Bonchev–Trinajstić information content (AvgIpc) is 3.52. The Bertz CT molecular complexity index is 1200. The minimum absolute atomic E-state index is 0.00990. The quantitative estimate of drug-likeness (QED) is 0.641. The maximum Gasteiger partial charge on any atom is 0.138 e. The van der Waals surface area contributed by atoms with Crippen LogP contribution in [-0.4, -0.2) is 68.5 Å². The summed E-state index contributed by atoms with van der Waals surface area (Å²) in [6, 6.07) is 11.0. The number of likely N-dealkylation sites (N-methyl/N-ethyl adjacent to an activating group) is 1. The fraction of sp³-hybridized carbons (Fsp3) is 0.556. The predicted octanol–water partition coefficient (Wildman–Crippen LogP) is 3.71. The van der Waals surface area contributed by atoms with E-state index >= 15 is 0 Å². The monoisotopic (exact) mass is 460 g/mol. The molecular weight excluding hydrogens is 424 g/mol. The normalized spacial score (nSPS) is 25.4.